The number of aryl methyl sites for hydroxylation is 1. The summed E-state index contributed by atoms with van der Waals surface area (Å²) in [7, 11) is -3.66. The van der Waals surface area contributed by atoms with E-state index in [0.29, 0.717) is 43.9 Å². The molecule has 1 aromatic heterocycles. The van der Waals surface area contributed by atoms with Crippen molar-refractivity contribution < 1.29 is 17.9 Å². The first-order chi connectivity index (χ1) is 14.3. The zero-order chi connectivity index (χ0) is 21.5. The predicted molar refractivity (Wildman–Crippen MR) is 114 cm³/mol. The maximum Gasteiger partial charge on any atom is 0.336 e. The second-order valence-electron chi connectivity index (χ2n) is 7.29. The molecule has 0 aliphatic carbocycles. The predicted octanol–water partition coefficient (Wildman–Crippen LogP) is 2.97. The van der Waals surface area contributed by atoms with Gasteiger partial charge in [-0.15, -0.1) is 0 Å². The van der Waals surface area contributed by atoms with Gasteiger partial charge in [-0.1, -0.05) is 23.7 Å². The Kier molecular flexibility index (Phi) is 5.59. The van der Waals surface area contributed by atoms with Crippen molar-refractivity contribution in [3.8, 4) is 5.75 Å². The third-order valence-corrected chi connectivity index (χ3v) is 7.80. The Morgan fingerprint density at radius 2 is 1.80 bits per heavy atom. The molecule has 0 spiro atoms. The minimum absolute atomic E-state index is 0.0705. The summed E-state index contributed by atoms with van der Waals surface area (Å²) in [6, 6.07) is 11.2. The fourth-order valence-electron chi connectivity index (χ4n) is 3.71. The van der Waals surface area contributed by atoms with Crippen molar-refractivity contribution >= 4 is 32.6 Å². The Bertz CT molecular complexity index is 1260. The maximum absolute atomic E-state index is 12.9. The van der Waals surface area contributed by atoms with E-state index in [1.54, 1.807) is 37.3 Å². The summed E-state index contributed by atoms with van der Waals surface area (Å²) in [4.78, 5) is 14.2. The third kappa shape index (κ3) is 3.83. The van der Waals surface area contributed by atoms with Crippen LogP contribution in [0.4, 0.5) is 0 Å². The monoisotopic (exact) mass is 448 g/mol. The zero-order valence-corrected chi connectivity index (χ0v) is 17.9. The van der Waals surface area contributed by atoms with Crippen LogP contribution in [0.3, 0.4) is 0 Å². The first kappa shape index (κ1) is 20.9. The lowest BCUT2D eigenvalue weighted by atomic mass is 10.1. The van der Waals surface area contributed by atoms with E-state index in [-0.39, 0.29) is 15.7 Å². The summed E-state index contributed by atoms with van der Waals surface area (Å²) in [5.74, 6) is 0.0705. The second-order valence-corrected chi connectivity index (χ2v) is 9.60. The first-order valence-corrected chi connectivity index (χ1v) is 11.3. The molecule has 0 amide bonds. The standard InChI is InChI=1S/C21H21ClN2O5S/c1-14-18(25)7-6-16-15(12-20(26)29-21(14)16)13-23-8-10-24(11-9-23)30(27,28)19-5-3-2-4-17(19)22/h2-7,12,25H,8-11,13H2,1H3. The Morgan fingerprint density at radius 3 is 2.50 bits per heavy atom. The fraction of sp³-hybridized carbons (Fsp3) is 0.286. The van der Waals surface area contributed by atoms with Crippen LogP contribution in [-0.2, 0) is 16.6 Å². The molecule has 0 saturated carbocycles. The number of aromatic hydroxyl groups is 1. The van der Waals surface area contributed by atoms with E-state index in [1.165, 1.54) is 16.4 Å². The summed E-state index contributed by atoms with van der Waals surface area (Å²) in [5, 5.41) is 10.9. The van der Waals surface area contributed by atoms with Crippen LogP contribution < -0.4 is 5.63 Å². The van der Waals surface area contributed by atoms with Crippen LogP contribution in [0.2, 0.25) is 5.02 Å². The molecule has 30 heavy (non-hydrogen) atoms. The van der Waals surface area contributed by atoms with Crippen LogP contribution in [0.1, 0.15) is 11.1 Å². The number of rotatable bonds is 4. The van der Waals surface area contributed by atoms with Gasteiger partial charge in [0, 0.05) is 49.7 Å². The van der Waals surface area contributed by atoms with Gasteiger partial charge < -0.3 is 9.52 Å². The normalized spacial score (nSPS) is 16.2. The summed E-state index contributed by atoms with van der Waals surface area (Å²) < 4.78 is 32.5. The molecule has 0 bridgehead atoms. The van der Waals surface area contributed by atoms with E-state index in [1.807, 2.05) is 0 Å². The number of hydrogen-bond acceptors (Lipinski definition) is 6. The average Bonchev–Trinajstić information content (AvgIpc) is 2.71. The summed E-state index contributed by atoms with van der Waals surface area (Å²) in [6.45, 7) is 3.86. The molecule has 158 valence electrons. The van der Waals surface area contributed by atoms with Crippen molar-refractivity contribution in [1.29, 1.82) is 0 Å². The molecule has 9 heteroatoms. The van der Waals surface area contributed by atoms with E-state index in [9.17, 15) is 18.3 Å². The number of hydrogen-bond donors (Lipinski definition) is 1. The Hall–Kier alpha value is -2.39. The molecule has 0 unspecified atom stereocenters. The molecule has 0 atom stereocenters. The quantitative estimate of drug-likeness (QED) is 0.617. The molecule has 0 radical (unpaired) electrons. The van der Waals surface area contributed by atoms with Gasteiger partial charge in [-0.25, -0.2) is 13.2 Å². The van der Waals surface area contributed by atoms with Crippen LogP contribution >= 0.6 is 11.6 Å². The van der Waals surface area contributed by atoms with Crippen molar-refractivity contribution in [3.63, 3.8) is 0 Å². The van der Waals surface area contributed by atoms with Gasteiger partial charge >= 0.3 is 5.63 Å². The molecule has 1 aliphatic rings. The lowest BCUT2D eigenvalue weighted by molar-refractivity contribution is 0.182. The molecule has 1 saturated heterocycles. The SMILES string of the molecule is Cc1c(O)ccc2c(CN3CCN(S(=O)(=O)c4ccccc4Cl)CC3)cc(=O)oc12. The molecule has 7 nitrogen and oxygen atoms in total. The Balaban J connectivity index is 1.53. The largest absolute Gasteiger partial charge is 0.508 e. The van der Waals surface area contributed by atoms with Gasteiger partial charge in [0.05, 0.1) is 5.02 Å². The van der Waals surface area contributed by atoms with Crippen molar-refractivity contribution in [2.24, 2.45) is 0 Å². The summed E-state index contributed by atoms with van der Waals surface area (Å²) in [6.07, 6.45) is 0. The highest BCUT2D eigenvalue weighted by Gasteiger charge is 2.30. The third-order valence-electron chi connectivity index (χ3n) is 5.40. The number of halogens is 1. The number of phenolic OH excluding ortho intramolecular Hbond substituents is 1. The highest BCUT2D eigenvalue weighted by atomic mass is 35.5. The van der Waals surface area contributed by atoms with Crippen LogP contribution in [0.25, 0.3) is 11.0 Å². The van der Waals surface area contributed by atoms with Gasteiger partial charge in [-0.3, -0.25) is 4.90 Å². The van der Waals surface area contributed by atoms with E-state index < -0.39 is 15.6 Å². The van der Waals surface area contributed by atoms with Crippen LogP contribution in [0.5, 0.6) is 5.75 Å². The van der Waals surface area contributed by atoms with E-state index >= 15 is 0 Å². The van der Waals surface area contributed by atoms with Crippen LogP contribution in [-0.4, -0.2) is 48.9 Å². The van der Waals surface area contributed by atoms with Crippen molar-refractivity contribution in [1.82, 2.24) is 9.21 Å². The molecule has 2 heterocycles. The van der Waals surface area contributed by atoms with E-state index in [0.717, 1.165) is 10.9 Å². The molecule has 1 fully saturated rings. The zero-order valence-electron chi connectivity index (χ0n) is 16.3. The second kappa shape index (κ2) is 8.03. The average molecular weight is 449 g/mol. The molecule has 2 aromatic carbocycles. The van der Waals surface area contributed by atoms with Gasteiger partial charge in [-0.05, 0) is 36.8 Å². The molecular formula is C21H21ClN2O5S. The molecule has 1 aliphatic heterocycles. The summed E-state index contributed by atoms with van der Waals surface area (Å²) >= 11 is 6.09. The van der Waals surface area contributed by atoms with E-state index in [4.69, 9.17) is 16.0 Å². The van der Waals surface area contributed by atoms with Gasteiger partial charge in [-0.2, -0.15) is 4.31 Å². The minimum atomic E-state index is -3.66. The first-order valence-electron chi connectivity index (χ1n) is 9.50. The Morgan fingerprint density at radius 1 is 1.10 bits per heavy atom. The lowest BCUT2D eigenvalue weighted by Gasteiger charge is -2.34. The van der Waals surface area contributed by atoms with E-state index in [2.05, 4.69) is 4.90 Å². The van der Waals surface area contributed by atoms with Crippen LogP contribution in [0, 0.1) is 6.92 Å². The summed E-state index contributed by atoms with van der Waals surface area (Å²) in [5.41, 5.74) is 1.19. The fourth-order valence-corrected chi connectivity index (χ4v) is 5.62. The Labute approximate surface area is 179 Å². The van der Waals surface area contributed by atoms with Gasteiger partial charge in [0.1, 0.15) is 16.2 Å². The van der Waals surface area contributed by atoms with Crippen molar-refractivity contribution in [2.75, 3.05) is 26.2 Å². The number of piperazine rings is 1. The van der Waals surface area contributed by atoms with Crippen molar-refractivity contribution in [2.45, 2.75) is 18.4 Å². The molecular weight excluding hydrogens is 428 g/mol. The highest BCUT2D eigenvalue weighted by Crippen LogP contribution is 2.29. The van der Waals surface area contributed by atoms with Gasteiger partial charge in [0.25, 0.3) is 0 Å². The highest BCUT2D eigenvalue weighted by molar-refractivity contribution is 7.89. The molecule has 1 N–H and O–H groups in total. The number of phenols is 1. The number of sulfonamides is 1. The minimum Gasteiger partial charge on any atom is -0.508 e. The van der Waals surface area contributed by atoms with Crippen LogP contribution in [0.15, 0.2) is 56.6 Å². The smallest absolute Gasteiger partial charge is 0.336 e. The maximum atomic E-state index is 12.9. The lowest BCUT2D eigenvalue weighted by Crippen LogP contribution is -2.48. The molecule has 3 aromatic rings. The van der Waals surface area contributed by atoms with Gasteiger partial charge in [0.2, 0.25) is 10.0 Å². The topological polar surface area (TPSA) is 91.1 Å². The number of benzene rings is 2. The van der Waals surface area contributed by atoms with Gasteiger partial charge in [0.15, 0.2) is 0 Å². The molecule has 4 rings (SSSR count). The number of nitrogens with zero attached hydrogens (tertiary/aromatic N) is 2. The van der Waals surface area contributed by atoms with Crippen molar-refractivity contribution in [3.05, 3.63) is 69.0 Å². The number of fused-ring (bicyclic) bond motifs is 1.